The van der Waals surface area contributed by atoms with E-state index < -0.39 is 16.0 Å². The molecular weight excluding hydrogens is 392 g/mol. The lowest BCUT2D eigenvalue weighted by molar-refractivity contribution is 0.0467. The topological polar surface area (TPSA) is 89.7 Å². The molecule has 1 aliphatic heterocycles. The van der Waals surface area contributed by atoms with Crippen molar-refractivity contribution < 1.29 is 22.4 Å². The van der Waals surface area contributed by atoms with Gasteiger partial charge in [0.1, 0.15) is 18.6 Å². The quantitative estimate of drug-likeness (QED) is 0.576. The highest BCUT2D eigenvalue weighted by molar-refractivity contribution is 7.89. The summed E-state index contributed by atoms with van der Waals surface area (Å²) in [5.74, 6) is -0.178. The van der Waals surface area contributed by atoms with Crippen LogP contribution >= 0.6 is 0 Å². The molecule has 1 fully saturated rings. The van der Waals surface area contributed by atoms with Crippen LogP contribution in [0.5, 0.6) is 0 Å². The summed E-state index contributed by atoms with van der Waals surface area (Å²) in [7, 11) is -3.59. The zero-order chi connectivity index (χ0) is 20.3. The smallest absolute Gasteiger partial charge is 0.338 e. The average molecular weight is 412 g/mol. The first-order chi connectivity index (χ1) is 14.0. The summed E-state index contributed by atoms with van der Waals surface area (Å²) in [6.45, 7) is 0.943. The zero-order valence-corrected chi connectivity index (χ0v) is 16.5. The lowest BCUT2D eigenvalue weighted by Crippen LogP contribution is -2.28. The number of hydrogen-bond donors (Lipinski definition) is 0. The molecule has 2 heterocycles. The maximum atomic E-state index is 12.7. The van der Waals surface area contributed by atoms with Crippen molar-refractivity contribution in [3.05, 3.63) is 72.1 Å². The van der Waals surface area contributed by atoms with E-state index >= 15 is 0 Å². The average Bonchev–Trinajstić information content (AvgIpc) is 3.45. The summed E-state index contributed by atoms with van der Waals surface area (Å²) >= 11 is 0. The third-order valence-corrected chi connectivity index (χ3v) is 6.59. The van der Waals surface area contributed by atoms with Crippen molar-refractivity contribution in [2.24, 2.45) is 0 Å². The molecule has 8 heteroatoms. The van der Waals surface area contributed by atoms with E-state index in [0.717, 1.165) is 18.4 Å². The van der Waals surface area contributed by atoms with Crippen molar-refractivity contribution in [3.63, 3.8) is 0 Å². The van der Waals surface area contributed by atoms with Crippen LogP contribution in [0.15, 0.2) is 70.2 Å². The van der Waals surface area contributed by atoms with Crippen LogP contribution in [0.1, 0.15) is 28.9 Å². The second kappa shape index (κ2) is 8.18. The number of ether oxygens (including phenoxy) is 1. The highest BCUT2D eigenvalue weighted by Gasteiger charge is 2.27. The maximum Gasteiger partial charge on any atom is 0.338 e. The molecule has 0 spiro atoms. The van der Waals surface area contributed by atoms with Crippen LogP contribution in [0, 0.1) is 0 Å². The molecule has 1 saturated heterocycles. The number of carbonyl (C=O) groups is 1. The fraction of sp³-hybridized carbons (Fsp3) is 0.238. The van der Waals surface area contributed by atoms with Crippen molar-refractivity contribution in [3.8, 4) is 11.5 Å². The van der Waals surface area contributed by atoms with Crippen molar-refractivity contribution in [1.82, 2.24) is 9.29 Å². The van der Waals surface area contributed by atoms with E-state index in [2.05, 4.69) is 4.98 Å². The molecule has 150 valence electrons. The molecule has 3 aromatic rings. The predicted octanol–water partition coefficient (Wildman–Crippen LogP) is 3.48. The Labute approximate surface area is 169 Å². The van der Waals surface area contributed by atoms with Gasteiger partial charge in [-0.25, -0.2) is 18.2 Å². The van der Waals surface area contributed by atoms with Crippen LogP contribution in [0.25, 0.3) is 11.5 Å². The number of esters is 1. The molecule has 0 N–H and O–H groups in total. The molecule has 0 unspecified atom stereocenters. The van der Waals surface area contributed by atoms with E-state index in [1.54, 1.807) is 6.07 Å². The van der Waals surface area contributed by atoms with E-state index in [0.29, 0.717) is 24.7 Å². The molecule has 4 rings (SSSR count). The molecule has 1 aliphatic rings. The molecule has 29 heavy (non-hydrogen) atoms. The van der Waals surface area contributed by atoms with Crippen LogP contribution in [-0.4, -0.2) is 36.8 Å². The van der Waals surface area contributed by atoms with Gasteiger partial charge in [-0.15, -0.1) is 0 Å². The predicted molar refractivity (Wildman–Crippen MR) is 105 cm³/mol. The van der Waals surface area contributed by atoms with Crippen LogP contribution < -0.4 is 0 Å². The third kappa shape index (κ3) is 4.23. The first kappa shape index (κ1) is 19.4. The van der Waals surface area contributed by atoms with Gasteiger partial charge >= 0.3 is 5.97 Å². The second-order valence-corrected chi connectivity index (χ2v) is 8.66. The normalized spacial score (nSPS) is 14.8. The maximum absolute atomic E-state index is 12.7. The molecular formula is C21H20N2O5S. The highest BCUT2D eigenvalue weighted by atomic mass is 32.2. The Hall–Kier alpha value is -2.97. The molecule has 7 nitrogen and oxygen atoms in total. The summed E-state index contributed by atoms with van der Waals surface area (Å²) in [5.41, 5.74) is 1.47. The van der Waals surface area contributed by atoms with Gasteiger partial charge in [0.2, 0.25) is 15.9 Å². The Morgan fingerprint density at radius 2 is 1.83 bits per heavy atom. The molecule has 0 radical (unpaired) electrons. The largest absolute Gasteiger partial charge is 0.455 e. The Kier molecular flexibility index (Phi) is 5.46. The number of aromatic nitrogens is 1. The zero-order valence-electron chi connectivity index (χ0n) is 15.7. The van der Waals surface area contributed by atoms with Gasteiger partial charge in [0.25, 0.3) is 0 Å². The molecule has 1 aromatic heterocycles. The Morgan fingerprint density at radius 3 is 2.59 bits per heavy atom. The minimum atomic E-state index is -3.59. The fourth-order valence-electron chi connectivity index (χ4n) is 3.17. The van der Waals surface area contributed by atoms with E-state index in [1.165, 1.54) is 28.8 Å². The van der Waals surface area contributed by atoms with E-state index in [-0.39, 0.29) is 17.1 Å². The highest BCUT2D eigenvalue weighted by Crippen LogP contribution is 2.22. The lowest BCUT2D eigenvalue weighted by atomic mass is 10.2. The molecule has 0 aliphatic carbocycles. The summed E-state index contributed by atoms with van der Waals surface area (Å²) in [4.78, 5) is 16.8. The number of benzene rings is 2. The number of hydrogen-bond acceptors (Lipinski definition) is 6. The summed E-state index contributed by atoms with van der Waals surface area (Å²) < 4.78 is 37.5. The SMILES string of the molecule is O=C(OCc1coc(-c2ccccc2)n1)c1cccc(S(=O)(=O)N2CCCC2)c1. The summed E-state index contributed by atoms with van der Waals surface area (Å²) in [6.07, 6.45) is 3.14. The Bertz CT molecular complexity index is 1100. The minimum Gasteiger partial charge on any atom is -0.455 e. The van der Waals surface area contributed by atoms with E-state index in [4.69, 9.17) is 9.15 Å². The van der Waals surface area contributed by atoms with E-state index in [9.17, 15) is 13.2 Å². The van der Waals surface area contributed by atoms with Crippen molar-refractivity contribution in [1.29, 1.82) is 0 Å². The van der Waals surface area contributed by atoms with Gasteiger partial charge in [-0.05, 0) is 43.2 Å². The molecule has 2 aromatic carbocycles. The molecule has 0 atom stereocenters. The standard InChI is InChI=1S/C21H20N2O5S/c24-21(28-15-18-14-27-20(22-18)16-7-2-1-3-8-16)17-9-6-10-19(13-17)29(25,26)23-11-4-5-12-23/h1-3,6-10,13-14H,4-5,11-12,15H2. The monoisotopic (exact) mass is 412 g/mol. The van der Waals surface area contributed by atoms with Crippen LogP contribution in [0.4, 0.5) is 0 Å². The number of nitrogens with zero attached hydrogens (tertiary/aromatic N) is 2. The van der Waals surface area contributed by atoms with Gasteiger partial charge in [-0.1, -0.05) is 24.3 Å². The van der Waals surface area contributed by atoms with Crippen molar-refractivity contribution in [2.45, 2.75) is 24.3 Å². The van der Waals surface area contributed by atoms with Gasteiger partial charge in [0.15, 0.2) is 0 Å². The molecule has 0 amide bonds. The Balaban J connectivity index is 1.44. The fourth-order valence-corrected chi connectivity index (χ4v) is 4.73. The third-order valence-electron chi connectivity index (χ3n) is 4.70. The second-order valence-electron chi connectivity index (χ2n) is 6.73. The van der Waals surface area contributed by atoms with Gasteiger partial charge in [-0.3, -0.25) is 0 Å². The van der Waals surface area contributed by atoms with Gasteiger partial charge < -0.3 is 9.15 Å². The van der Waals surface area contributed by atoms with Crippen LogP contribution in [0.3, 0.4) is 0 Å². The van der Waals surface area contributed by atoms with Gasteiger partial charge in [-0.2, -0.15) is 4.31 Å². The van der Waals surface area contributed by atoms with Crippen molar-refractivity contribution >= 4 is 16.0 Å². The van der Waals surface area contributed by atoms with Crippen LogP contribution in [-0.2, 0) is 21.4 Å². The number of carbonyl (C=O) groups excluding carboxylic acids is 1. The summed E-state index contributed by atoms with van der Waals surface area (Å²) in [5, 5.41) is 0. The number of sulfonamides is 1. The van der Waals surface area contributed by atoms with E-state index in [1.807, 2.05) is 30.3 Å². The first-order valence-corrected chi connectivity index (χ1v) is 10.8. The molecule has 0 saturated carbocycles. The summed E-state index contributed by atoms with van der Waals surface area (Å²) in [6, 6.07) is 15.3. The Morgan fingerprint density at radius 1 is 1.07 bits per heavy atom. The van der Waals surface area contributed by atoms with Gasteiger partial charge in [0.05, 0.1) is 10.5 Å². The number of oxazole rings is 1. The van der Waals surface area contributed by atoms with Gasteiger partial charge in [0, 0.05) is 18.7 Å². The van der Waals surface area contributed by atoms with Crippen LogP contribution in [0.2, 0.25) is 0 Å². The van der Waals surface area contributed by atoms with Crippen molar-refractivity contribution in [2.75, 3.05) is 13.1 Å². The minimum absolute atomic E-state index is 0.0712. The lowest BCUT2D eigenvalue weighted by Gasteiger charge is -2.15. The number of rotatable bonds is 6. The first-order valence-electron chi connectivity index (χ1n) is 9.31. The molecule has 0 bridgehead atoms.